The molecule has 0 aliphatic carbocycles. The SMILES string of the molecule is C=Cc1ccccc1CC(OCCN)c1ccccc1CC. The molecular formula is C20H25NO. The fourth-order valence-electron chi connectivity index (χ4n) is 2.76. The third-order valence-electron chi connectivity index (χ3n) is 3.90. The molecule has 2 N–H and O–H groups in total. The van der Waals surface area contributed by atoms with Gasteiger partial charge >= 0.3 is 0 Å². The summed E-state index contributed by atoms with van der Waals surface area (Å²) in [6.07, 6.45) is 3.77. The van der Waals surface area contributed by atoms with Crippen LogP contribution in [-0.4, -0.2) is 13.2 Å². The van der Waals surface area contributed by atoms with Crippen LogP contribution in [0.1, 0.15) is 35.3 Å². The van der Waals surface area contributed by atoms with E-state index in [9.17, 15) is 0 Å². The topological polar surface area (TPSA) is 35.2 Å². The fourth-order valence-corrected chi connectivity index (χ4v) is 2.76. The van der Waals surface area contributed by atoms with Crippen molar-refractivity contribution in [3.8, 4) is 0 Å². The molecule has 116 valence electrons. The maximum absolute atomic E-state index is 6.06. The van der Waals surface area contributed by atoms with E-state index in [-0.39, 0.29) is 6.10 Å². The van der Waals surface area contributed by atoms with E-state index >= 15 is 0 Å². The van der Waals surface area contributed by atoms with E-state index in [1.54, 1.807) is 0 Å². The zero-order chi connectivity index (χ0) is 15.8. The molecule has 1 atom stereocenters. The van der Waals surface area contributed by atoms with Crippen molar-refractivity contribution in [1.29, 1.82) is 0 Å². The second-order valence-corrected chi connectivity index (χ2v) is 5.31. The lowest BCUT2D eigenvalue weighted by atomic mass is 9.93. The predicted octanol–water partition coefficient (Wildman–Crippen LogP) is 4.15. The molecule has 2 heteroatoms. The smallest absolute Gasteiger partial charge is 0.0868 e. The lowest BCUT2D eigenvalue weighted by Gasteiger charge is -2.22. The zero-order valence-electron chi connectivity index (χ0n) is 13.3. The van der Waals surface area contributed by atoms with Gasteiger partial charge in [0.05, 0.1) is 12.7 Å². The molecule has 22 heavy (non-hydrogen) atoms. The fraction of sp³-hybridized carbons (Fsp3) is 0.300. The van der Waals surface area contributed by atoms with E-state index in [1.165, 1.54) is 16.7 Å². The van der Waals surface area contributed by atoms with Crippen LogP contribution in [0.4, 0.5) is 0 Å². The number of ether oxygens (including phenoxy) is 1. The van der Waals surface area contributed by atoms with E-state index in [0.717, 1.165) is 18.4 Å². The van der Waals surface area contributed by atoms with Gasteiger partial charge in [0.15, 0.2) is 0 Å². The highest BCUT2D eigenvalue weighted by molar-refractivity contribution is 5.52. The molecule has 2 aromatic rings. The summed E-state index contributed by atoms with van der Waals surface area (Å²) in [5.74, 6) is 0. The summed E-state index contributed by atoms with van der Waals surface area (Å²) < 4.78 is 6.06. The Hall–Kier alpha value is -1.90. The van der Waals surface area contributed by atoms with Crippen molar-refractivity contribution >= 4 is 6.08 Å². The average molecular weight is 295 g/mol. The van der Waals surface area contributed by atoms with Crippen molar-refractivity contribution in [2.24, 2.45) is 5.73 Å². The molecule has 0 amide bonds. The Morgan fingerprint density at radius 3 is 2.45 bits per heavy atom. The van der Waals surface area contributed by atoms with Gasteiger partial charge in [0.2, 0.25) is 0 Å². The first-order valence-corrected chi connectivity index (χ1v) is 7.90. The number of benzene rings is 2. The highest BCUT2D eigenvalue weighted by atomic mass is 16.5. The minimum absolute atomic E-state index is 0.0285. The molecule has 0 saturated heterocycles. The van der Waals surface area contributed by atoms with Gasteiger partial charge < -0.3 is 10.5 Å². The average Bonchev–Trinajstić information content (AvgIpc) is 2.59. The molecule has 2 nitrogen and oxygen atoms in total. The summed E-state index contributed by atoms with van der Waals surface area (Å²) in [5, 5.41) is 0. The molecule has 2 aromatic carbocycles. The van der Waals surface area contributed by atoms with Crippen LogP contribution < -0.4 is 5.73 Å². The highest BCUT2D eigenvalue weighted by Crippen LogP contribution is 2.27. The summed E-state index contributed by atoms with van der Waals surface area (Å²) >= 11 is 0. The number of nitrogens with two attached hydrogens (primary N) is 1. The molecule has 0 aliphatic heterocycles. The molecular weight excluding hydrogens is 270 g/mol. The van der Waals surface area contributed by atoms with Crippen LogP contribution in [0.5, 0.6) is 0 Å². The summed E-state index contributed by atoms with van der Waals surface area (Å²) in [6, 6.07) is 16.8. The van der Waals surface area contributed by atoms with Crippen LogP contribution in [-0.2, 0) is 17.6 Å². The standard InChI is InChI=1S/C20H25NO/c1-3-16-9-5-6-11-18(16)15-20(22-14-13-21)19-12-8-7-10-17(19)4-2/h3,5-12,20H,1,4,13-15,21H2,2H3. The van der Waals surface area contributed by atoms with Gasteiger partial charge in [0.1, 0.15) is 0 Å². The summed E-state index contributed by atoms with van der Waals surface area (Å²) in [6.45, 7) is 7.19. The molecule has 1 unspecified atom stereocenters. The van der Waals surface area contributed by atoms with Gasteiger partial charge in [-0.25, -0.2) is 0 Å². The third kappa shape index (κ3) is 4.06. The van der Waals surface area contributed by atoms with Gasteiger partial charge in [0, 0.05) is 13.0 Å². The van der Waals surface area contributed by atoms with E-state index in [1.807, 2.05) is 12.1 Å². The van der Waals surface area contributed by atoms with E-state index in [2.05, 4.69) is 56.0 Å². The zero-order valence-corrected chi connectivity index (χ0v) is 13.3. The second-order valence-electron chi connectivity index (χ2n) is 5.31. The summed E-state index contributed by atoms with van der Waals surface area (Å²) in [7, 11) is 0. The van der Waals surface area contributed by atoms with Gasteiger partial charge in [-0.1, -0.05) is 68.1 Å². The number of aryl methyl sites for hydroxylation is 1. The van der Waals surface area contributed by atoms with Gasteiger partial charge in [-0.3, -0.25) is 0 Å². The van der Waals surface area contributed by atoms with Crippen LogP contribution in [0.25, 0.3) is 6.08 Å². The van der Waals surface area contributed by atoms with Crippen LogP contribution in [0, 0.1) is 0 Å². The van der Waals surface area contributed by atoms with Gasteiger partial charge in [-0.05, 0) is 28.7 Å². The van der Waals surface area contributed by atoms with Crippen molar-refractivity contribution in [2.75, 3.05) is 13.2 Å². The van der Waals surface area contributed by atoms with Crippen molar-refractivity contribution in [3.63, 3.8) is 0 Å². The first-order chi connectivity index (χ1) is 10.8. The van der Waals surface area contributed by atoms with Crippen molar-refractivity contribution < 1.29 is 4.74 Å². The Balaban J connectivity index is 2.31. The quantitative estimate of drug-likeness (QED) is 0.794. The molecule has 0 heterocycles. The van der Waals surface area contributed by atoms with E-state index in [4.69, 9.17) is 10.5 Å². The number of rotatable bonds is 8. The molecule has 0 aliphatic rings. The van der Waals surface area contributed by atoms with Crippen LogP contribution >= 0.6 is 0 Å². The molecule has 0 saturated carbocycles. The molecule has 0 fully saturated rings. The monoisotopic (exact) mass is 295 g/mol. The first-order valence-electron chi connectivity index (χ1n) is 7.90. The predicted molar refractivity (Wildman–Crippen MR) is 93.8 cm³/mol. The van der Waals surface area contributed by atoms with Crippen molar-refractivity contribution in [1.82, 2.24) is 0 Å². The normalized spacial score (nSPS) is 12.1. The number of hydrogen-bond acceptors (Lipinski definition) is 2. The van der Waals surface area contributed by atoms with E-state index < -0.39 is 0 Å². The van der Waals surface area contributed by atoms with Gasteiger partial charge in [0.25, 0.3) is 0 Å². The van der Waals surface area contributed by atoms with Gasteiger partial charge in [-0.15, -0.1) is 0 Å². The van der Waals surface area contributed by atoms with Crippen LogP contribution in [0.3, 0.4) is 0 Å². The molecule has 0 aromatic heterocycles. The maximum Gasteiger partial charge on any atom is 0.0868 e. The number of hydrogen-bond donors (Lipinski definition) is 1. The Kier molecular flexibility index (Phi) is 6.38. The summed E-state index contributed by atoms with van der Waals surface area (Å²) in [5.41, 5.74) is 10.6. The van der Waals surface area contributed by atoms with Crippen molar-refractivity contribution in [3.05, 3.63) is 77.4 Å². The lowest BCUT2D eigenvalue weighted by molar-refractivity contribution is 0.0579. The van der Waals surface area contributed by atoms with Crippen LogP contribution in [0.15, 0.2) is 55.1 Å². The van der Waals surface area contributed by atoms with Crippen molar-refractivity contribution in [2.45, 2.75) is 25.9 Å². The first kappa shape index (κ1) is 16.5. The Labute approximate surface area is 133 Å². The highest BCUT2D eigenvalue weighted by Gasteiger charge is 2.16. The lowest BCUT2D eigenvalue weighted by Crippen LogP contribution is -2.16. The second kappa shape index (κ2) is 8.52. The Bertz CT molecular complexity index is 606. The minimum atomic E-state index is 0.0285. The molecule has 0 spiro atoms. The van der Waals surface area contributed by atoms with Gasteiger partial charge in [-0.2, -0.15) is 0 Å². The third-order valence-corrected chi connectivity index (χ3v) is 3.90. The molecule has 0 radical (unpaired) electrons. The summed E-state index contributed by atoms with van der Waals surface area (Å²) in [4.78, 5) is 0. The van der Waals surface area contributed by atoms with Crippen LogP contribution in [0.2, 0.25) is 0 Å². The molecule has 0 bridgehead atoms. The molecule has 2 rings (SSSR count). The maximum atomic E-state index is 6.06. The Morgan fingerprint density at radius 2 is 1.77 bits per heavy atom. The van der Waals surface area contributed by atoms with E-state index in [0.29, 0.717) is 13.2 Å². The minimum Gasteiger partial charge on any atom is -0.372 e. The Morgan fingerprint density at radius 1 is 1.09 bits per heavy atom. The largest absolute Gasteiger partial charge is 0.372 e.